The molecule has 0 amide bonds. The van der Waals surface area contributed by atoms with Crippen molar-refractivity contribution in [2.45, 2.75) is 25.7 Å². The summed E-state index contributed by atoms with van der Waals surface area (Å²) in [7, 11) is 0. The summed E-state index contributed by atoms with van der Waals surface area (Å²) in [5.74, 6) is 7.87. The van der Waals surface area contributed by atoms with Gasteiger partial charge in [0.25, 0.3) is 0 Å². The summed E-state index contributed by atoms with van der Waals surface area (Å²) < 4.78 is 5.82. The lowest BCUT2D eigenvalue weighted by Gasteiger charge is -2.07. The second kappa shape index (κ2) is 6.65. The van der Waals surface area contributed by atoms with E-state index >= 15 is 0 Å². The maximum Gasteiger partial charge on any atom is 0.119 e. The van der Waals surface area contributed by atoms with Crippen LogP contribution in [0.3, 0.4) is 0 Å². The zero-order valence-electron chi connectivity index (χ0n) is 12.1. The van der Waals surface area contributed by atoms with Gasteiger partial charge in [0.1, 0.15) is 5.75 Å². The van der Waals surface area contributed by atoms with E-state index in [1.165, 1.54) is 30.0 Å². The van der Waals surface area contributed by atoms with Gasteiger partial charge in [0.15, 0.2) is 0 Å². The topological polar surface area (TPSA) is 29.5 Å². The molecular formula is C19H20O2. The lowest BCUT2D eigenvalue weighted by Crippen LogP contribution is -1.97. The first-order chi connectivity index (χ1) is 10.3. The molecule has 2 heteroatoms. The SMILES string of the molecule is OCCC#Cc1ccc2cc(OCCC3CC3)ccc2c1. The minimum absolute atomic E-state index is 0.113. The quantitative estimate of drug-likeness (QED) is 0.845. The Balaban J connectivity index is 1.69. The fourth-order valence-electron chi connectivity index (χ4n) is 2.36. The minimum atomic E-state index is 0.113. The average Bonchev–Trinajstić information content (AvgIpc) is 3.32. The van der Waals surface area contributed by atoms with Crippen molar-refractivity contribution in [1.29, 1.82) is 0 Å². The highest BCUT2D eigenvalue weighted by Gasteiger charge is 2.20. The molecule has 0 spiro atoms. The summed E-state index contributed by atoms with van der Waals surface area (Å²) in [6, 6.07) is 12.4. The summed E-state index contributed by atoms with van der Waals surface area (Å²) in [5, 5.41) is 11.1. The Labute approximate surface area is 125 Å². The molecule has 0 atom stereocenters. The molecule has 0 aromatic heterocycles. The van der Waals surface area contributed by atoms with Gasteiger partial charge in [-0.15, -0.1) is 0 Å². The van der Waals surface area contributed by atoms with Crippen LogP contribution in [0.2, 0.25) is 0 Å². The molecule has 2 nitrogen and oxygen atoms in total. The van der Waals surface area contributed by atoms with Gasteiger partial charge in [0, 0.05) is 12.0 Å². The molecule has 0 radical (unpaired) electrons. The van der Waals surface area contributed by atoms with Crippen molar-refractivity contribution in [2.75, 3.05) is 13.2 Å². The lowest BCUT2D eigenvalue weighted by atomic mass is 10.1. The van der Waals surface area contributed by atoms with Crippen molar-refractivity contribution in [3.8, 4) is 17.6 Å². The van der Waals surface area contributed by atoms with Crippen LogP contribution in [-0.4, -0.2) is 18.3 Å². The standard InChI is InChI=1S/C19H20O2/c20-11-2-1-3-16-6-7-18-14-19(9-8-17(18)13-16)21-12-10-15-4-5-15/h6-9,13-15,20H,2,4-5,10-12H2. The number of hydrogen-bond donors (Lipinski definition) is 1. The first-order valence-corrected chi connectivity index (χ1v) is 7.61. The Morgan fingerprint density at radius 2 is 1.90 bits per heavy atom. The number of fused-ring (bicyclic) bond motifs is 1. The van der Waals surface area contributed by atoms with E-state index in [1.807, 2.05) is 12.1 Å². The molecule has 0 unspecified atom stereocenters. The summed E-state index contributed by atoms with van der Waals surface area (Å²) in [6.45, 7) is 0.934. The molecule has 3 rings (SSSR count). The van der Waals surface area contributed by atoms with Crippen molar-refractivity contribution < 1.29 is 9.84 Å². The van der Waals surface area contributed by atoms with Crippen LogP contribution < -0.4 is 4.74 Å². The number of hydrogen-bond acceptors (Lipinski definition) is 2. The molecule has 1 saturated carbocycles. The van der Waals surface area contributed by atoms with Gasteiger partial charge >= 0.3 is 0 Å². The molecule has 0 heterocycles. The zero-order chi connectivity index (χ0) is 14.5. The second-order valence-electron chi connectivity index (χ2n) is 5.58. The molecule has 21 heavy (non-hydrogen) atoms. The van der Waals surface area contributed by atoms with Crippen molar-refractivity contribution in [3.05, 3.63) is 42.0 Å². The molecule has 2 aromatic carbocycles. The Morgan fingerprint density at radius 3 is 2.71 bits per heavy atom. The maximum atomic E-state index is 8.74. The highest BCUT2D eigenvalue weighted by Crippen LogP contribution is 2.32. The van der Waals surface area contributed by atoms with Crippen LogP contribution in [0.5, 0.6) is 5.75 Å². The van der Waals surface area contributed by atoms with Crippen molar-refractivity contribution in [3.63, 3.8) is 0 Å². The largest absolute Gasteiger partial charge is 0.494 e. The number of ether oxygens (including phenoxy) is 1. The first-order valence-electron chi connectivity index (χ1n) is 7.61. The van der Waals surface area contributed by atoms with Crippen LogP contribution in [0.4, 0.5) is 0 Å². The van der Waals surface area contributed by atoms with Gasteiger partial charge in [0.05, 0.1) is 13.2 Å². The van der Waals surface area contributed by atoms with Gasteiger partial charge in [-0.1, -0.05) is 36.8 Å². The molecular weight excluding hydrogens is 260 g/mol. The van der Waals surface area contributed by atoms with Gasteiger partial charge in [-0.3, -0.25) is 0 Å². The van der Waals surface area contributed by atoms with Crippen LogP contribution in [0.25, 0.3) is 10.8 Å². The van der Waals surface area contributed by atoms with E-state index in [0.29, 0.717) is 6.42 Å². The third-order valence-corrected chi connectivity index (χ3v) is 3.77. The summed E-state index contributed by atoms with van der Waals surface area (Å²) in [5.41, 5.74) is 0.985. The Bertz CT molecular complexity index is 675. The normalized spacial score (nSPS) is 13.8. The van der Waals surface area contributed by atoms with Crippen LogP contribution in [0.1, 0.15) is 31.2 Å². The van der Waals surface area contributed by atoms with Gasteiger partial charge < -0.3 is 9.84 Å². The Kier molecular flexibility index (Phi) is 4.43. The highest BCUT2D eigenvalue weighted by atomic mass is 16.5. The summed E-state index contributed by atoms with van der Waals surface area (Å²) >= 11 is 0. The fourth-order valence-corrected chi connectivity index (χ4v) is 2.36. The van der Waals surface area contributed by atoms with Gasteiger partial charge in [-0.05, 0) is 47.4 Å². The zero-order valence-corrected chi connectivity index (χ0v) is 12.1. The third kappa shape index (κ3) is 4.00. The number of aliphatic hydroxyl groups is 1. The average molecular weight is 280 g/mol. The van der Waals surface area contributed by atoms with Crippen LogP contribution in [0.15, 0.2) is 36.4 Å². The molecule has 0 aliphatic heterocycles. The molecule has 108 valence electrons. The highest BCUT2D eigenvalue weighted by molar-refractivity contribution is 5.85. The predicted octanol–water partition coefficient (Wildman–Crippen LogP) is 3.75. The lowest BCUT2D eigenvalue weighted by molar-refractivity contribution is 0.303. The van der Waals surface area contributed by atoms with E-state index in [9.17, 15) is 0 Å². The van der Waals surface area contributed by atoms with Crippen molar-refractivity contribution in [1.82, 2.24) is 0 Å². The number of benzene rings is 2. The summed E-state index contributed by atoms with van der Waals surface area (Å²) in [4.78, 5) is 0. The number of rotatable bonds is 5. The van der Waals surface area contributed by atoms with E-state index in [4.69, 9.17) is 9.84 Å². The van der Waals surface area contributed by atoms with Gasteiger partial charge in [0.2, 0.25) is 0 Å². The van der Waals surface area contributed by atoms with E-state index in [0.717, 1.165) is 23.8 Å². The number of aliphatic hydroxyl groups excluding tert-OH is 1. The Morgan fingerprint density at radius 1 is 1.10 bits per heavy atom. The predicted molar refractivity (Wildman–Crippen MR) is 85.4 cm³/mol. The molecule has 1 fully saturated rings. The van der Waals surface area contributed by atoms with Crippen LogP contribution >= 0.6 is 0 Å². The molecule has 0 bridgehead atoms. The monoisotopic (exact) mass is 280 g/mol. The van der Waals surface area contributed by atoms with E-state index in [1.54, 1.807) is 0 Å². The first kappa shape index (κ1) is 14.0. The molecule has 1 N–H and O–H groups in total. The molecule has 2 aromatic rings. The van der Waals surface area contributed by atoms with Crippen molar-refractivity contribution >= 4 is 10.8 Å². The Hall–Kier alpha value is -1.98. The molecule has 1 aliphatic carbocycles. The van der Waals surface area contributed by atoms with E-state index in [-0.39, 0.29) is 6.61 Å². The van der Waals surface area contributed by atoms with E-state index < -0.39 is 0 Å². The third-order valence-electron chi connectivity index (χ3n) is 3.77. The minimum Gasteiger partial charge on any atom is -0.494 e. The van der Waals surface area contributed by atoms with Crippen LogP contribution in [0, 0.1) is 17.8 Å². The van der Waals surface area contributed by atoms with Gasteiger partial charge in [-0.25, -0.2) is 0 Å². The molecule has 1 aliphatic rings. The smallest absolute Gasteiger partial charge is 0.119 e. The van der Waals surface area contributed by atoms with E-state index in [2.05, 4.69) is 36.1 Å². The van der Waals surface area contributed by atoms with Crippen LogP contribution in [-0.2, 0) is 0 Å². The second-order valence-corrected chi connectivity index (χ2v) is 5.58. The van der Waals surface area contributed by atoms with Gasteiger partial charge in [-0.2, -0.15) is 0 Å². The molecule has 0 saturated heterocycles. The van der Waals surface area contributed by atoms with Crippen molar-refractivity contribution in [2.24, 2.45) is 5.92 Å². The maximum absolute atomic E-state index is 8.74. The fraction of sp³-hybridized carbons (Fsp3) is 0.368. The summed E-state index contributed by atoms with van der Waals surface area (Å²) in [6.07, 6.45) is 4.45.